The van der Waals surface area contributed by atoms with E-state index in [0.717, 1.165) is 148 Å². The number of carbonyl (C=O) groups is 3. The predicted octanol–water partition coefficient (Wildman–Crippen LogP) is 17.0. The van der Waals surface area contributed by atoms with Gasteiger partial charge < -0.3 is 37.9 Å². The number of esters is 3. The van der Waals surface area contributed by atoms with E-state index in [9.17, 15) is 14.4 Å². The number of benzene rings is 7. The van der Waals surface area contributed by atoms with Crippen LogP contribution in [0.2, 0.25) is 0 Å². The van der Waals surface area contributed by atoms with Gasteiger partial charge in [-0.1, -0.05) is 130 Å². The zero-order chi connectivity index (χ0) is 56.7. The number of rotatable bonds is 38. The average Bonchev–Trinajstić information content (AvgIpc) is 3.61. The van der Waals surface area contributed by atoms with Gasteiger partial charge in [0.1, 0.15) is 34.3 Å². The normalized spacial score (nSPS) is 11.1. The van der Waals surface area contributed by atoms with Crippen LogP contribution in [0.15, 0.2) is 165 Å². The van der Waals surface area contributed by atoms with E-state index in [1.807, 2.05) is 60.7 Å². The van der Waals surface area contributed by atoms with Crippen molar-refractivity contribution < 1.29 is 52.3 Å². The number of fused-ring (bicyclic) bond motifs is 2. The molecular formula is C70H80O11. The van der Waals surface area contributed by atoms with Crippen molar-refractivity contribution in [3.05, 3.63) is 187 Å². The SMILES string of the molecule is C=CCOCCCCCCOc1ccc2cc(C(=O)Oc3ccc(OC(=O)c4ccc5cc(OCCCCCCOCC=C)ccc5c4)c(C(=O)OCCCCCCCCCCOc4ccc(-c5ccc(C)cc5)cc4)c3)ccc2c1. The highest BCUT2D eigenvalue weighted by molar-refractivity contribution is 6.00. The van der Waals surface area contributed by atoms with Gasteiger partial charge in [-0.25, -0.2) is 14.4 Å². The fourth-order valence-electron chi connectivity index (χ4n) is 9.25. The van der Waals surface area contributed by atoms with Crippen LogP contribution in [0.1, 0.15) is 139 Å². The Morgan fingerprint density at radius 2 is 0.765 bits per heavy atom. The Kier molecular flexibility index (Phi) is 25.9. The molecule has 0 aliphatic rings. The van der Waals surface area contributed by atoms with E-state index in [4.69, 9.17) is 37.9 Å². The maximum atomic E-state index is 13.8. The second-order valence-electron chi connectivity index (χ2n) is 20.3. The van der Waals surface area contributed by atoms with Crippen LogP contribution < -0.4 is 23.7 Å². The van der Waals surface area contributed by atoms with Crippen molar-refractivity contribution in [3.8, 4) is 39.9 Å². The molecule has 0 spiro atoms. The third kappa shape index (κ3) is 21.0. The standard InChI is InChI=1S/C70H80O11/c1-4-40-74-42-16-12-14-19-45-77-63-36-32-56-48-60(28-26-58(56)50-63)68(71)80-65-38-39-67(81-69(72)61-29-27-59-51-64(37-33-57(59)49-61)78-46-20-15-13-17-43-75-41-5-2)66(52-65)70(73)79-47-21-11-9-7-6-8-10-18-44-76-62-34-30-55(31-35-62)54-24-22-53(3)23-25-54/h4-5,22-39,48-52H,1-2,6-21,40-47H2,3H3. The molecule has 11 nitrogen and oxygen atoms in total. The van der Waals surface area contributed by atoms with Crippen LogP contribution in [-0.4, -0.2) is 70.8 Å². The summed E-state index contributed by atoms with van der Waals surface area (Å²) in [4.78, 5) is 41.2. The van der Waals surface area contributed by atoms with Crippen LogP contribution in [-0.2, 0) is 14.2 Å². The molecule has 7 aromatic carbocycles. The van der Waals surface area contributed by atoms with Gasteiger partial charge in [0.2, 0.25) is 0 Å². The third-order valence-electron chi connectivity index (χ3n) is 13.8. The fourth-order valence-corrected chi connectivity index (χ4v) is 9.25. The van der Waals surface area contributed by atoms with Crippen molar-refractivity contribution >= 4 is 39.5 Å². The number of hydrogen-bond donors (Lipinski definition) is 0. The smallest absolute Gasteiger partial charge is 0.343 e. The van der Waals surface area contributed by atoms with Crippen molar-refractivity contribution in [1.29, 1.82) is 0 Å². The summed E-state index contributed by atoms with van der Waals surface area (Å²) in [5.41, 5.74) is 4.20. The van der Waals surface area contributed by atoms with E-state index in [-0.39, 0.29) is 23.7 Å². The zero-order valence-corrected chi connectivity index (χ0v) is 47.3. The van der Waals surface area contributed by atoms with Crippen molar-refractivity contribution in [2.75, 3.05) is 52.9 Å². The lowest BCUT2D eigenvalue weighted by Gasteiger charge is -2.13. The Morgan fingerprint density at radius 3 is 1.27 bits per heavy atom. The molecule has 0 atom stereocenters. The van der Waals surface area contributed by atoms with Crippen molar-refractivity contribution in [3.63, 3.8) is 0 Å². The summed E-state index contributed by atoms with van der Waals surface area (Å²) in [7, 11) is 0. The van der Waals surface area contributed by atoms with E-state index in [1.165, 1.54) is 34.9 Å². The highest BCUT2D eigenvalue weighted by Gasteiger charge is 2.21. The first kappa shape index (κ1) is 60.9. The molecule has 0 aliphatic carbocycles. The second-order valence-corrected chi connectivity index (χ2v) is 20.3. The van der Waals surface area contributed by atoms with Gasteiger partial charge in [-0.15, -0.1) is 13.2 Å². The van der Waals surface area contributed by atoms with Gasteiger partial charge in [-0.05, 0) is 170 Å². The monoisotopic (exact) mass is 1100 g/mol. The molecule has 0 aliphatic heterocycles. The van der Waals surface area contributed by atoms with Crippen LogP contribution in [0.3, 0.4) is 0 Å². The Labute approximate surface area is 479 Å². The predicted molar refractivity (Wildman–Crippen MR) is 324 cm³/mol. The average molecular weight is 1100 g/mol. The largest absolute Gasteiger partial charge is 0.494 e. The molecule has 426 valence electrons. The Bertz CT molecular complexity index is 3070. The number of carbonyl (C=O) groups excluding carboxylic acids is 3. The van der Waals surface area contributed by atoms with Gasteiger partial charge >= 0.3 is 17.9 Å². The molecule has 81 heavy (non-hydrogen) atoms. The number of hydrogen-bond acceptors (Lipinski definition) is 11. The van der Waals surface area contributed by atoms with Gasteiger partial charge in [-0.3, -0.25) is 0 Å². The first-order valence-electron chi connectivity index (χ1n) is 29.0. The van der Waals surface area contributed by atoms with Crippen LogP contribution in [0.4, 0.5) is 0 Å². The minimum Gasteiger partial charge on any atom is -0.494 e. The van der Waals surface area contributed by atoms with Gasteiger partial charge in [0.05, 0.1) is 50.8 Å². The lowest BCUT2D eigenvalue weighted by molar-refractivity contribution is 0.0490. The summed E-state index contributed by atoms with van der Waals surface area (Å²) in [5, 5.41) is 3.48. The molecule has 0 unspecified atom stereocenters. The molecule has 0 heterocycles. The maximum Gasteiger partial charge on any atom is 0.343 e. The Morgan fingerprint density at radius 1 is 0.370 bits per heavy atom. The van der Waals surface area contributed by atoms with Crippen molar-refractivity contribution in [1.82, 2.24) is 0 Å². The van der Waals surface area contributed by atoms with E-state index in [0.29, 0.717) is 50.6 Å². The molecule has 0 N–H and O–H groups in total. The van der Waals surface area contributed by atoms with Crippen LogP contribution >= 0.6 is 0 Å². The van der Waals surface area contributed by atoms with E-state index < -0.39 is 17.9 Å². The van der Waals surface area contributed by atoms with Crippen molar-refractivity contribution in [2.45, 2.75) is 110 Å². The molecule has 0 aromatic heterocycles. The first-order chi connectivity index (χ1) is 39.8. The van der Waals surface area contributed by atoms with Crippen LogP contribution in [0.5, 0.6) is 28.7 Å². The summed E-state index contributed by atoms with van der Waals surface area (Å²) >= 11 is 0. The summed E-state index contributed by atoms with van der Waals surface area (Å²) < 4.78 is 46.5. The number of unbranched alkanes of at least 4 members (excludes halogenated alkanes) is 13. The van der Waals surface area contributed by atoms with E-state index in [2.05, 4.69) is 56.5 Å². The molecule has 0 saturated carbocycles. The van der Waals surface area contributed by atoms with Gasteiger partial charge in [-0.2, -0.15) is 0 Å². The fraction of sp³-hybridized carbons (Fsp3) is 0.357. The second kappa shape index (κ2) is 34.4. The van der Waals surface area contributed by atoms with Crippen molar-refractivity contribution in [2.24, 2.45) is 0 Å². The highest BCUT2D eigenvalue weighted by Crippen LogP contribution is 2.30. The molecule has 7 aromatic rings. The van der Waals surface area contributed by atoms with Crippen LogP contribution in [0, 0.1) is 6.92 Å². The summed E-state index contributed by atoms with van der Waals surface area (Å²) in [5.74, 6) is 0.506. The van der Waals surface area contributed by atoms with E-state index in [1.54, 1.807) is 36.4 Å². The van der Waals surface area contributed by atoms with Gasteiger partial charge in [0.25, 0.3) is 0 Å². The molecule has 0 fully saturated rings. The lowest BCUT2D eigenvalue weighted by atomic mass is 10.0. The summed E-state index contributed by atoms with van der Waals surface area (Å²) in [6.45, 7) is 14.2. The van der Waals surface area contributed by atoms with Gasteiger partial charge in [0.15, 0.2) is 0 Å². The Balaban J connectivity index is 0.891. The molecule has 0 radical (unpaired) electrons. The molecule has 0 amide bonds. The quantitative estimate of drug-likeness (QED) is 0.0159. The topological polar surface area (TPSA) is 125 Å². The lowest BCUT2D eigenvalue weighted by Crippen LogP contribution is -2.14. The zero-order valence-electron chi connectivity index (χ0n) is 47.3. The third-order valence-corrected chi connectivity index (χ3v) is 13.8. The summed E-state index contributed by atoms with van der Waals surface area (Å²) in [6.07, 6.45) is 19.7. The first-order valence-corrected chi connectivity index (χ1v) is 29.0. The highest BCUT2D eigenvalue weighted by atomic mass is 16.6. The molecular weight excluding hydrogens is 1020 g/mol. The minimum absolute atomic E-state index is 0.0167. The van der Waals surface area contributed by atoms with E-state index >= 15 is 0 Å². The molecule has 0 bridgehead atoms. The number of aryl methyl sites for hydroxylation is 1. The molecule has 11 heteroatoms. The number of ether oxygens (including phenoxy) is 8. The summed E-state index contributed by atoms with van der Waals surface area (Å²) in [6, 6.07) is 43.3. The molecule has 7 rings (SSSR count). The minimum atomic E-state index is -0.693. The Hall–Kier alpha value is -7.73. The van der Waals surface area contributed by atoms with Gasteiger partial charge in [0, 0.05) is 13.2 Å². The maximum absolute atomic E-state index is 13.8. The molecule has 0 saturated heterocycles. The van der Waals surface area contributed by atoms with Crippen LogP contribution in [0.25, 0.3) is 32.7 Å².